The van der Waals surface area contributed by atoms with Crippen LogP contribution >= 0.6 is 0 Å². The lowest BCUT2D eigenvalue weighted by molar-refractivity contribution is 0.461. The third kappa shape index (κ3) is 4.23. The summed E-state index contributed by atoms with van der Waals surface area (Å²) in [7, 11) is 0. The summed E-state index contributed by atoms with van der Waals surface area (Å²) in [5.41, 5.74) is 2.77. The van der Waals surface area contributed by atoms with E-state index in [0.717, 1.165) is 19.4 Å². The van der Waals surface area contributed by atoms with Crippen molar-refractivity contribution < 1.29 is 0 Å². The molecule has 0 aliphatic carbocycles. The largest absolute Gasteiger partial charge is 0.334 e. The zero-order chi connectivity index (χ0) is 13.7. The van der Waals surface area contributed by atoms with Crippen LogP contribution in [-0.4, -0.2) is 9.55 Å². The molecule has 0 radical (unpaired) electrons. The van der Waals surface area contributed by atoms with E-state index >= 15 is 0 Å². The number of benzene rings is 1. The van der Waals surface area contributed by atoms with E-state index in [1.165, 1.54) is 11.3 Å². The molecule has 0 bridgehead atoms. The third-order valence-corrected chi connectivity index (χ3v) is 3.35. The normalized spacial score (nSPS) is 12.8. The molecule has 1 unspecified atom stereocenters. The molecule has 1 atom stereocenters. The van der Waals surface area contributed by atoms with Crippen molar-refractivity contribution in [1.82, 2.24) is 9.55 Å². The Balaban J connectivity index is 1.95. The predicted octanol–water partition coefficient (Wildman–Crippen LogP) is 3.96. The lowest BCUT2D eigenvalue weighted by Crippen LogP contribution is -2.13. The number of imidazole rings is 1. The van der Waals surface area contributed by atoms with Crippen LogP contribution in [0.4, 0.5) is 0 Å². The Kier molecular flexibility index (Phi) is 4.78. The Labute approximate surface area is 116 Å². The van der Waals surface area contributed by atoms with Crippen molar-refractivity contribution in [3.63, 3.8) is 0 Å². The molecule has 0 saturated carbocycles. The van der Waals surface area contributed by atoms with Crippen molar-refractivity contribution in [2.75, 3.05) is 0 Å². The summed E-state index contributed by atoms with van der Waals surface area (Å²) in [6.45, 7) is 7.87. The molecule has 1 heterocycles. The monoisotopic (exact) mass is 256 g/mol. The zero-order valence-corrected chi connectivity index (χ0v) is 12.2. The minimum atomic E-state index is 0.627. The van der Waals surface area contributed by atoms with Gasteiger partial charge in [-0.2, -0.15) is 0 Å². The Morgan fingerprint density at radius 1 is 1.05 bits per heavy atom. The highest BCUT2D eigenvalue weighted by molar-refractivity contribution is 5.15. The van der Waals surface area contributed by atoms with Gasteiger partial charge in [0.05, 0.1) is 6.33 Å². The van der Waals surface area contributed by atoms with Gasteiger partial charge in [0.25, 0.3) is 0 Å². The van der Waals surface area contributed by atoms with Gasteiger partial charge in [-0.15, -0.1) is 0 Å². The van der Waals surface area contributed by atoms with Crippen LogP contribution in [0.5, 0.6) is 0 Å². The molecule has 0 fully saturated rings. The molecule has 0 aliphatic heterocycles. The van der Waals surface area contributed by atoms with E-state index in [2.05, 4.69) is 60.7 Å². The highest BCUT2D eigenvalue weighted by Gasteiger charge is 2.09. The van der Waals surface area contributed by atoms with E-state index in [1.807, 2.05) is 12.5 Å². The molecule has 2 nitrogen and oxygen atoms in total. The first-order valence-corrected chi connectivity index (χ1v) is 7.18. The fourth-order valence-electron chi connectivity index (χ4n) is 2.52. The van der Waals surface area contributed by atoms with Crippen molar-refractivity contribution in [2.45, 2.75) is 40.2 Å². The quantitative estimate of drug-likeness (QED) is 0.765. The molecule has 102 valence electrons. The van der Waals surface area contributed by atoms with Gasteiger partial charge in [0.2, 0.25) is 0 Å². The smallest absolute Gasteiger partial charge is 0.0948 e. The molecular weight excluding hydrogens is 232 g/mol. The highest BCUT2D eigenvalue weighted by Crippen LogP contribution is 2.14. The summed E-state index contributed by atoms with van der Waals surface area (Å²) in [6, 6.07) is 10.7. The second-order valence-electron chi connectivity index (χ2n) is 5.93. The van der Waals surface area contributed by atoms with Gasteiger partial charge in [-0.25, -0.2) is 4.98 Å². The minimum Gasteiger partial charge on any atom is -0.334 e. The maximum atomic E-state index is 4.30. The van der Waals surface area contributed by atoms with Gasteiger partial charge in [-0.3, -0.25) is 0 Å². The maximum Gasteiger partial charge on any atom is 0.0948 e. The second-order valence-corrected chi connectivity index (χ2v) is 5.93. The molecule has 2 heteroatoms. The van der Waals surface area contributed by atoms with Crippen LogP contribution in [0.3, 0.4) is 0 Å². The number of aromatic nitrogens is 2. The summed E-state index contributed by atoms with van der Waals surface area (Å²) in [5, 5.41) is 0. The van der Waals surface area contributed by atoms with Crippen molar-refractivity contribution in [1.29, 1.82) is 0 Å². The van der Waals surface area contributed by atoms with E-state index in [9.17, 15) is 0 Å². The van der Waals surface area contributed by atoms with Gasteiger partial charge < -0.3 is 4.57 Å². The van der Waals surface area contributed by atoms with Gasteiger partial charge in [0.1, 0.15) is 0 Å². The van der Waals surface area contributed by atoms with Gasteiger partial charge in [0, 0.05) is 18.4 Å². The van der Waals surface area contributed by atoms with Crippen LogP contribution in [0.15, 0.2) is 42.9 Å². The van der Waals surface area contributed by atoms with Gasteiger partial charge >= 0.3 is 0 Å². The molecule has 2 aromatic rings. The summed E-state index contributed by atoms with van der Waals surface area (Å²) in [6.07, 6.45) is 6.21. The summed E-state index contributed by atoms with van der Waals surface area (Å²) >= 11 is 0. The first kappa shape index (κ1) is 13.9. The maximum absolute atomic E-state index is 4.30. The molecular formula is C17H24N2. The van der Waals surface area contributed by atoms with Gasteiger partial charge in [-0.1, -0.05) is 51.1 Å². The Morgan fingerprint density at radius 2 is 1.79 bits per heavy atom. The van der Waals surface area contributed by atoms with Crippen molar-refractivity contribution >= 4 is 0 Å². The van der Waals surface area contributed by atoms with E-state index in [4.69, 9.17) is 0 Å². The minimum absolute atomic E-state index is 0.627. The Bertz CT molecular complexity index is 485. The third-order valence-electron chi connectivity index (χ3n) is 3.35. The van der Waals surface area contributed by atoms with Crippen LogP contribution < -0.4 is 0 Å². The summed E-state index contributed by atoms with van der Waals surface area (Å²) < 4.78 is 2.31. The lowest BCUT2D eigenvalue weighted by Gasteiger charge is -2.15. The van der Waals surface area contributed by atoms with E-state index in [-0.39, 0.29) is 0 Å². The molecule has 1 aromatic carbocycles. The van der Waals surface area contributed by atoms with Crippen molar-refractivity contribution in [3.8, 4) is 0 Å². The Morgan fingerprint density at radius 3 is 2.47 bits per heavy atom. The average Bonchev–Trinajstić information content (AvgIpc) is 2.77. The summed E-state index contributed by atoms with van der Waals surface area (Å²) in [5.74, 6) is 1.31. The zero-order valence-electron chi connectivity index (χ0n) is 12.2. The number of hydrogen-bond donors (Lipinski definition) is 0. The van der Waals surface area contributed by atoms with Gasteiger partial charge in [0.15, 0.2) is 0 Å². The first-order valence-electron chi connectivity index (χ1n) is 7.18. The fourth-order valence-corrected chi connectivity index (χ4v) is 2.52. The second kappa shape index (κ2) is 6.55. The molecule has 0 N–H and O–H groups in total. The predicted molar refractivity (Wildman–Crippen MR) is 80.1 cm³/mol. The van der Waals surface area contributed by atoms with Crippen LogP contribution in [0.1, 0.15) is 32.0 Å². The topological polar surface area (TPSA) is 17.8 Å². The van der Waals surface area contributed by atoms with Crippen LogP contribution in [0.2, 0.25) is 0 Å². The fraction of sp³-hybridized carbons (Fsp3) is 0.471. The van der Waals surface area contributed by atoms with Gasteiger partial charge in [-0.05, 0) is 30.2 Å². The SMILES string of the molecule is CC(C)Cc1cncn1CC(C)Cc1ccccc1. The van der Waals surface area contributed by atoms with Crippen LogP contribution in [-0.2, 0) is 19.4 Å². The first-order chi connectivity index (χ1) is 9.15. The average molecular weight is 256 g/mol. The van der Waals surface area contributed by atoms with Crippen LogP contribution in [0.25, 0.3) is 0 Å². The molecule has 2 rings (SSSR count). The van der Waals surface area contributed by atoms with Crippen LogP contribution in [0, 0.1) is 11.8 Å². The summed E-state index contributed by atoms with van der Waals surface area (Å²) in [4.78, 5) is 4.30. The molecule has 0 amide bonds. The standard InChI is InChI=1S/C17H24N2/c1-14(2)9-17-11-18-13-19(17)12-15(3)10-16-7-5-4-6-8-16/h4-8,11,13-15H,9-10,12H2,1-3H3. The number of rotatable bonds is 6. The number of nitrogens with zero attached hydrogens (tertiary/aromatic N) is 2. The number of hydrogen-bond acceptors (Lipinski definition) is 1. The molecule has 19 heavy (non-hydrogen) atoms. The molecule has 0 saturated heterocycles. The van der Waals surface area contributed by atoms with E-state index in [0.29, 0.717) is 11.8 Å². The molecule has 0 spiro atoms. The lowest BCUT2D eigenvalue weighted by atomic mass is 10.0. The Hall–Kier alpha value is -1.57. The van der Waals surface area contributed by atoms with E-state index in [1.54, 1.807) is 0 Å². The molecule has 0 aliphatic rings. The van der Waals surface area contributed by atoms with Crippen molar-refractivity contribution in [3.05, 3.63) is 54.1 Å². The molecule has 1 aromatic heterocycles. The van der Waals surface area contributed by atoms with E-state index < -0.39 is 0 Å². The van der Waals surface area contributed by atoms with Crippen molar-refractivity contribution in [2.24, 2.45) is 11.8 Å². The highest BCUT2D eigenvalue weighted by atomic mass is 15.0.